The third-order valence-corrected chi connectivity index (χ3v) is 5.14. The largest absolute Gasteiger partial charge is 0.393 e. The van der Waals surface area contributed by atoms with Gasteiger partial charge >= 0.3 is 0 Å². The van der Waals surface area contributed by atoms with Crippen LogP contribution in [0.1, 0.15) is 46.5 Å². The molecular formula is C15H28N2O3. The highest BCUT2D eigenvalue weighted by molar-refractivity contribution is 5.89. The molecule has 5 heteroatoms. The number of nitrogens with one attached hydrogen (secondary N) is 1. The normalized spacial score (nSPS) is 36.6. The lowest BCUT2D eigenvalue weighted by atomic mass is 9.46. The fraction of sp³-hybridized carbons (Fsp3) is 0.933. The molecule has 0 aromatic heterocycles. The minimum absolute atomic E-state index is 0.0696. The average molecular weight is 284 g/mol. The third kappa shape index (κ3) is 2.36. The third-order valence-electron chi connectivity index (χ3n) is 5.14. The smallest absolute Gasteiger partial charge is 0.241 e. The number of carbonyl (C=O) groups excluding carboxylic acids is 1. The molecule has 2 aliphatic rings. The van der Waals surface area contributed by atoms with Crippen molar-refractivity contribution >= 4 is 5.91 Å². The van der Waals surface area contributed by atoms with Crippen molar-refractivity contribution in [1.29, 1.82) is 0 Å². The molecule has 2 rings (SSSR count). The van der Waals surface area contributed by atoms with Crippen LogP contribution in [-0.2, 0) is 9.53 Å². The van der Waals surface area contributed by atoms with Gasteiger partial charge in [-0.1, -0.05) is 13.8 Å². The monoisotopic (exact) mass is 284 g/mol. The molecule has 1 heterocycles. The van der Waals surface area contributed by atoms with Crippen LogP contribution in [0.15, 0.2) is 0 Å². The molecule has 0 aromatic carbocycles. The highest BCUT2D eigenvalue weighted by Gasteiger charge is 2.70. The number of hydrogen-bond donors (Lipinski definition) is 3. The van der Waals surface area contributed by atoms with Crippen LogP contribution in [0.2, 0.25) is 0 Å². The lowest BCUT2D eigenvalue weighted by Gasteiger charge is -2.65. The second-order valence-corrected chi connectivity index (χ2v) is 6.88. The van der Waals surface area contributed by atoms with E-state index < -0.39 is 5.54 Å². The average Bonchev–Trinajstić information content (AvgIpc) is 2.42. The Labute approximate surface area is 121 Å². The molecule has 1 saturated heterocycles. The SMILES string of the molecule is CC(O)CCCNC(=O)C1(N)C2CCCOC2C1(C)C. The van der Waals surface area contributed by atoms with Gasteiger partial charge in [-0.15, -0.1) is 0 Å². The summed E-state index contributed by atoms with van der Waals surface area (Å²) in [5, 5.41) is 12.2. The number of fused-ring (bicyclic) bond motifs is 1. The maximum Gasteiger partial charge on any atom is 0.241 e. The van der Waals surface area contributed by atoms with Crippen LogP contribution in [0, 0.1) is 11.3 Å². The summed E-state index contributed by atoms with van der Waals surface area (Å²) in [6.45, 7) is 7.14. The number of rotatable bonds is 5. The second-order valence-electron chi connectivity index (χ2n) is 6.88. The van der Waals surface area contributed by atoms with Crippen LogP contribution >= 0.6 is 0 Å². The van der Waals surface area contributed by atoms with Gasteiger partial charge in [-0.2, -0.15) is 0 Å². The van der Waals surface area contributed by atoms with Gasteiger partial charge in [-0.3, -0.25) is 4.79 Å². The molecule has 0 bridgehead atoms. The topological polar surface area (TPSA) is 84.6 Å². The van der Waals surface area contributed by atoms with Crippen molar-refractivity contribution in [3.05, 3.63) is 0 Å². The number of aliphatic hydroxyl groups is 1. The quantitative estimate of drug-likeness (QED) is 0.652. The van der Waals surface area contributed by atoms with Gasteiger partial charge in [-0.25, -0.2) is 0 Å². The van der Waals surface area contributed by atoms with Crippen molar-refractivity contribution in [2.75, 3.05) is 13.2 Å². The van der Waals surface area contributed by atoms with Crippen molar-refractivity contribution in [1.82, 2.24) is 5.32 Å². The van der Waals surface area contributed by atoms with E-state index in [0.29, 0.717) is 13.0 Å². The van der Waals surface area contributed by atoms with E-state index >= 15 is 0 Å². The summed E-state index contributed by atoms with van der Waals surface area (Å²) < 4.78 is 5.80. The molecule has 1 aliphatic carbocycles. The first-order valence-corrected chi connectivity index (χ1v) is 7.68. The summed E-state index contributed by atoms with van der Waals surface area (Å²) in [6.07, 6.45) is 3.18. The predicted molar refractivity (Wildman–Crippen MR) is 77.1 cm³/mol. The minimum Gasteiger partial charge on any atom is -0.393 e. The van der Waals surface area contributed by atoms with Crippen LogP contribution < -0.4 is 11.1 Å². The van der Waals surface area contributed by atoms with Crippen molar-refractivity contribution in [3.8, 4) is 0 Å². The highest BCUT2D eigenvalue weighted by Crippen LogP contribution is 2.57. The van der Waals surface area contributed by atoms with E-state index in [0.717, 1.165) is 25.9 Å². The predicted octanol–water partition coefficient (Wildman–Crippen LogP) is 0.796. The van der Waals surface area contributed by atoms with Gasteiger partial charge in [-0.05, 0) is 32.6 Å². The van der Waals surface area contributed by atoms with Crippen LogP contribution in [0.3, 0.4) is 0 Å². The first kappa shape index (κ1) is 15.7. The van der Waals surface area contributed by atoms with Gasteiger partial charge < -0.3 is 20.9 Å². The van der Waals surface area contributed by atoms with Crippen LogP contribution in [0.4, 0.5) is 0 Å². The van der Waals surface area contributed by atoms with Gasteiger partial charge in [0.2, 0.25) is 5.91 Å². The molecule has 0 spiro atoms. The standard InChI is InChI=1S/C15H28N2O3/c1-10(18)6-4-8-17-13(19)15(16)11-7-5-9-20-12(11)14(15,2)3/h10-12,18H,4-9,16H2,1-3H3,(H,17,19). The van der Waals surface area contributed by atoms with E-state index in [9.17, 15) is 9.90 Å². The number of nitrogens with two attached hydrogens (primary N) is 1. The van der Waals surface area contributed by atoms with E-state index in [4.69, 9.17) is 10.5 Å². The van der Waals surface area contributed by atoms with Crippen molar-refractivity contribution < 1.29 is 14.6 Å². The summed E-state index contributed by atoms with van der Waals surface area (Å²) in [6, 6.07) is 0. The number of aliphatic hydroxyl groups excluding tert-OH is 1. The molecule has 0 aromatic rings. The summed E-state index contributed by atoms with van der Waals surface area (Å²) in [5.41, 5.74) is 5.32. The van der Waals surface area contributed by atoms with Gasteiger partial charge in [0.1, 0.15) is 5.54 Å². The Hall–Kier alpha value is -0.650. The molecule has 2 fully saturated rings. The molecule has 4 atom stereocenters. The van der Waals surface area contributed by atoms with Gasteiger partial charge in [0.05, 0.1) is 12.2 Å². The zero-order valence-corrected chi connectivity index (χ0v) is 12.8. The van der Waals surface area contributed by atoms with Crippen molar-refractivity contribution in [2.45, 2.75) is 64.2 Å². The van der Waals surface area contributed by atoms with Crippen molar-refractivity contribution in [3.63, 3.8) is 0 Å². The molecular weight excluding hydrogens is 256 g/mol. The van der Waals surface area contributed by atoms with E-state index in [1.165, 1.54) is 0 Å². The first-order valence-electron chi connectivity index (χ1n) is 7.68. The fourth-order valence-electron chi connectivity index (χ4n) is 3.78. The lowest BCUT2D eigenvalue weighted by Crippen LogP contribution is -2.82. The van der Waals surface area contributed by atoms with Crippen LogP contribution in [0.25, 0.3) is 0 Å². The number of ether oxygens (including phenoxy) is 1. The second kappa shape index (κ2) is 5.62. The van der Waals surface area contributed by atoms with Crippen LogP contribution in [-0.4, -0.2) is 41.9 Å². The van der Waals surface area contributed by atoms with E-state index in [1.54, 1.807) is 6.92 Å². The molecule has 1 saturated carbocycles. The minimum atomic E-state index is -0.830. The molecule has 4 N–H and O–H groups in total. The highest BCUT2D eigenvalue weighted by atomic mass is 16.5. The summed E-state index contributed by atoms with van der Waals surface area (Å²) in [7, 11) is 0. The van der Waals surface area contributed by atoms with Gasteiger partial charge in [0.15, 0.2) is 0 Å². The Bertz CT molecular complexity index is 370. The first-order chi connectivity index (χ1) is 9.31. The van der Waals surface area contributed by atoms with Gasteiger partial charge in [0.25, 0.3) is 0 Å². The molecule has 1 aliphatic heterocycles. The Kier molecular flexibility index (Phi) is 4.42. The maximum atomic E-state index is 12.5. The summed E-state index contributed by atoms with van der Waals surface area (Å²) in [5.74, 6) is 0.0582. The van der Waals surface area contributed by atoms with Crippen LogP contribution in [0.5, 0.6) is 0 Å². The zero-order chi connectivity index (χ0) is 15.0. The Morgan fingerprint density at radius 3 is 2.90 bits per heavy atom. The number of amides is 1. The maximum absolute atomic E-state index is 12.5. The molecule has 5 nitrogen and oxygen atoms in total. The van der Waals surface area contributed by atoms with Gasteiger partial charge in [0, 0.05) is 24.5 Å². The van der Waals surface area contributed by atoms with E-state index in [1.807, 2.05) is 13.8 Å². The zero-order valence-electron chi connectivity index (χ0n) is 12.8. The molecule has 20 heavy (non-hydrogen) atoms. The van der Waals surface area contributed by atoms with E-state index in [-0.39, 0.29) is 29.4 Å². The Morgan fingerprint density at radius 1 is 1.55 bits per heavy atom. The van der Waals surface area contributed by atoms with E-state index in [2.05, 4.69) is 5.32 Å². The summed E-state index contributed by atoms with van der Waals surface area (Å²) in [4.78, 5) is 12.5. The molecule has 116 valence electrons. The molecule has 1 amide bonds. The molecule has 4 unspecified atom stereocenters. The number of carbonyl (C=O) groups is 1. The Balaban J connectivity index is 1.93. The number of hydrogen-bond acceptors (Lipinski definition) is 4. The lowest BCUT2D eigenvalue weighted by molar-refractivity contribution is -0.225. The van der Waals surface area contributed by atoms with Crippen molar-refractivity contribution in [2.24, 2.45) is 17.1 Å². The fourth-order valence-corrected chi connectivity index (χ4v) is 3.78. The summed E-state index contributed by atoms with van der Waals surface area (Å²) >= 11 is 0. The molecule has 0 radical (unpaired) electrons. The Morgan fingerprint density at radius 2 is 2.25 bits per heavy atom.